The summed E-state index contributed by atoms with van der Waals surface area (Å²) in [4.78, 5) is 39.7. The van der Waals surface area contributed by atoms with Gasteiger partial charge in [0.15, 0.2) is 12.2 Å². The highest BCUT2D eigenvalue weighted by molar-refractivity contribution is 7.99. The number of nitrogens with one attached hydrogen (secondary N) is 1. The van der Waals surface area contributed by atoms with Crippen molar-refractivity contribution in [2.75, 3.05) is 19.5 Å². The van der Waals surface area contributed by atoms with E-state index in [4.69, 9.17) is 13.9 Å². The van der Waals surface area contributed by atoms with Crippen LogP contribution in [0.1, 0.15) is 10.4 Å². The molecule has 28 heavy (non-hydrogen) atoms. The average molecular weight is 400 g/mol. The lowest BCUT2D eigenvalue weighted by molar-refractivity contribution is -0.145. The molecule has 0 unspecified atom stereocenters. The molecule has 0 bridgehead atoms. The fraction of sp³-hybridized carbons (Fsp3) is 0.158. The van der Waals surface area contributed by atoms with Crippen LogP contribution >= 0.6 is 11.8 Å². The molecule has 1 heterocycles. The van der Waals surface area contributed by atoms with Gasteiger partial charge in [0.05, 0.1) is 7.11 Å². The topological polar surface area (TPSA) is 108 Å². The van der Waals surface area contributed by atoms with Gasteiger partial charge in [-0.2, -0.15) is 0 Å². The Hall–Kier alpha value is -3.33. The first-order valence-electron chi connectivity index (χ1n) is 8.17. The first-order valence-corrected chi connectivity index (χ1v) is 9.16. The van der Waals surface area contributed by atoms with Crippen LogP contribution in [0.2, 0.25) is 0 Å². The number of aromatic nitrogens is 1. The summed E-state index contributed by atoms with van der Waals surface area (Å²) in [6, 6.07) is 13.5. The summed E-state index contributed by atoms with van der Waals surface area (Å²) in [5, 5.41) is 2.48. The summed E-state index contributed by atoms with van der Waals surface area (Å²) < 4.78 is 15.3. The SMILES string of the molecule is COc1ccc(C(=O)NC(=O)COC(=O)CSc2nc3ccccc3o2)cc1. The number of imide groups is 1. The Labute approximate surface area is 164 Å². The molecule has 0 aliphatic rings. The largest absolute Gasteiger partial charge is 0.497 e. The molecule has 0 fully saturated rings. The van der Waals surface area contributed by atoms with E-state index in [0.29, 0.717) is 22.1 Å². The maximum Gasteiger partial charge on any atom is 0.316 e. The highest BCUT2D eigenvalue weighted by Crippen LogP contribution is 2.23. The molecule has 0 aliphatic heterocycles. The van der Waals surface area contributed by atoms with Gasteiger partial charge in [-0.05, 0) is 36.4 Å². The Balaban J connectivity index is 1.41. The van der Waals surface area contributed by atoms with Crippen molar-refractivity contribution in [3.8, 4) is 5.75 Å². The number of carbonyl (C=O) groups is 3. The summed E-state index contributed by atoms with van der Waals surface area (Å²) in [5.41, 5.74) is 1.59. The molecule has 0 atom stereocenters. The lowest BCUT2D eigenvalue weighted by Crippen LogP contribution is -2.34. The number of ether oxygens (including phenoxy) is 2. The second-order valence-corrected chi connectivity index (χ2v) is 6.43. The normalized spacial score (nSPS) is 10.5. The number of amides is 2. The molecule has 0 saturated carbocycles. The van der Waals surface area contributed by atoms with Crippen molar-refractivity contribution in [1.29, 1.82) is 0 Å². The van der Waals surface area contributed by atoms with E-state index >= 15 is 0 Å². The molecule has 1 aromatic heterocycles. The van der Waals surface area contributed by atoms with Crippen LogP contribution in [0.4, 0.5) is 0 Å². The third kappa shape index (κ3) is 5.10. The Morgan fingerprint density at radius 2 is 1.86 bits per heavy atom. The number of methoxy groups -OCH3 is 1. The first kappa shape index (κ1) is 19.4. The van der Waals surface area contributed by atoms with E-state index in [9.17, 15) is 14.4 Å². The molecule has 144 valence electrons. The monoisotopic (exact) mass is 400 g/mol. The fourth-order valence-electron chi connectivity index (χ4n) is 2.20. The van der Waals surface area contributed by atoms with Crippen molar-refractivity contribution in [3.63, 3.8) is 0 Å². The van der Waals surface area contributed by atoms with Gasteiger partial charge in [0, 0.05) is 5.56 Å². The zero-order valence-corrected chi connectivity index (χ0v) is 15.7. The van der Waals surface area contributed by atoms with Gasteiger partial charge in [-0.15, -0.1) is 0 Å². The van der Waals surface area contributed by atoms with Crippen LogP contribution in [0.3, 0.4) is 0 Å². The molecule has 0 radical (unpaired) electrons. The second kappa shape index (κ2) is 9.05. The lowest BCUT2D eigenvalue weighted by Gasteiger charge is -2.06. The predicted molar refractivity (Wildman–Crippen MR) is 101 cm³/mol. The van der Waals surface area contributed by atoms with E-state index in [1.165, 1.54) is 19.2 Å². The van der Waals surface area contributed by atoms with Crippen LogP contribution in [-0.2, 0) is 14.3 Å². The number of carbonyl (C=O) groups excluding carboxylic acids is 3. The van der Waals surface area contributed by atoms with Crippen LogP contribution in [0, 0.1) is 0 Å². The lowest BCUT2D eigenvalue weighted by atomic mass is 10.2. The zero-order valence-electron chi connectivity index (χ0n) is 14.8. The third-order valence-corrected chi connectivity index (χ3v) is 4.36. The Bertz CT molecular complexity index is 966. The van der Waals surface area contributed by atoms with E-state index < -0.39 is 24.4 Å². The van der Waals surface area contributed by atoms with E-state index in [2.05, 4.69) is 10.3 Å². The molecule has 9 heteroatoms. The number of esters is 1. The number of thioether (sulfide) groups is 1. The van der Waals surface area contributed by atoms with Crippen LogP contribution in [0.15, 0.2) is 58.2 Å². The minimum atomic E-state index is -0.721. The van der Waals surface area contributed by atoms with Gasteiger partial charge >= 0.3 is 5.97 Å². The van der Waals surface area contributed by atoms with Gasteiger partial charge in [-0.25, -0.2) is 4.98 Å². The molecule has 0 aliphatic carbocycles. The molecule has 3 rings (SSSR count). The number of benzene rings is 2. The van der Waals surface area contributed by atoms with E-state index in [1.807, 2.05) is 12.1 Å². The molecule has 2 amide bonds. The standard InChI is InChI=1S/C19H16N2O6S/c1-25-13-8-6-12(7-9-13)18(24)21-16(22)10-26-17(23)11-28-19-20-14-4-2-3-5-15(14)27-19/h2-9H,10-11H2,1H3,(H,21,22,24). The zero-order chi connectivity index (χ0) is 19.9. The molecule has 2 aromatic carbocycles. The van der Waals surface area contributed by atoms with Gasteiger partial charge in [0.1, 0.15) is 17.0 Å². The second-order valence-electron chi connectivity index (χ2n) is 5.50. The van der Waals surface area contributed by atoms with Crippen LogP contribution in [0.5, 0.6) is 5.75 Å². The number of rotatable bonds is 7. The molecule has 1 N–H and O–H groups in total. The van der Waals surface area contributed by atoms with Gasteiger partial charge in [0.2, 0.25) is 0 Å². The van der Waals surface area contributed by atoms with E-state index in [-0.39, 0.29) is 11.3 Å². The van der Waals surface area contributed by atoms with Crippen molar-refractivity contribution in [3.05, 3.63) is 54.1 Å². The number of oxazole rings is 1. The molecule has 0 spiro atoms. The predicted octanol–water partition coefficient (Wildman–Crippen LogP) is 2.43. The van der Waals surface area contributed by atoms with Crippen LogP contribution in [0.25, 0.3) is 11.1 Å². The number of nitrogens with zero attached hydrogens (tertiary/aromatic N) is 1. The molecule has 8 nitrogen and oxygen atoms in total. The highest BCUT2D eigenvalue weighted by Gasteiger charge is 2.14. The minimum Gasteiger partial charge on any atom is -0.497 e. The summed E-state index contributed by atoms with van der Waals surface area (Å²) in [5.74, 6) is -1.43. The van der Waals surface area contributed by atoms with E-state index in [0.717, 1.165) is 11.8 Å². The Morgan fingerprint density at radius 1 is 1.11 bits per heavy atom. The summed E-state index contributed by atoms with van der Waals surface area (Å²) in [7, 11) is 1.51. The number of hydrogen-bond acceptors (Lipinski definition) is 8. The minimum absolute atomic E-state index is 0.0769. The smallest absolute Gasteiger partial charge is 0.316 e. The quantitative estimate of drug-likeness (QED) is 0.476. The number of fused-ring (bicyclic) bond motifs is 1. The molecule has 0 saturated heterocycles. The molecule has 3 aromatic rings. The number of para-hydroxylation sites is 2. The van der Waals surface area contributed by atoms with Crippen LogP contribution < -0.4 is 10.1 Å². The Kier molecular flexibility index (Phi) is 6.28. The fourth-order valence-corrected chi connectivity index (χ4v) is 2.83. The third-order valence-electron chi connectivity index (χ3n) is 3.56. The number of hydrogen-bond donors (Lipinski definition) is 1. The van der Waals surface area contributed by atoms with Crippen molar-refractivity contribution < 1.29 is 28.3 Å². The highest BCUT2D eigenvalue weighted by atomic mass is 32.2. The Morgan fingerprint density at radius 3 is 2.57 bits per heavy atom. The molecular weight excluding hydrogens is 384 g/mol. The van der Waals surface area contributed by atoms with Gasteiger partial charge in [-0.1, -0.05) is 23.9 Å². The maximum absolute atomic E-state index is 12.0. The van der Waals surface area contributed by atoms with Gasteiger partial charge < -0.3 is 13.9 Å². The van der Waals surface area contributed by atoms with Crippen molar-refractivity contribution in [1.82, 2.24) is 10.3 Å². The summed E-state index contributed by atoms with van der Waals surface area (Å²) in [6.45, 7) is -0.561. The van der Waals surface area contributed by atoms with Gasteiger partial charge in [0.25, 0.3) is 17.0 Å². The van der Waals surface area contributed by atoms with Crippen molar-refractivity contribution in [2.45, 2.75) is 5.22 Å². The van der Waals surface area contributed by atoms with Crippen molar-refractivity contribution in [2.24, 2.45) is 0 Å². The van der Waals surface area contributed by atoms with Crippen LogP contribution in [-0.4, -0.2) is 42.2 Å². The maximum atomic E-state index is 12.0. The van der Waals surface area contributed by atoms with Gasteiger partial charge in [-0.3, -0.25) is 19.7 Å². The average Bonchev–Trinajstić information content (AvgIpc) is 3.13. The summed E-state index contributed by atoms with van der Waals surface area (Å²) >= 11 is 1.06. The first-order chi connectivity index (χ1) is 13.5. The van der Waals surface area contributed by atoms with Crippen molar-refractivity contribution >= 4 is 40.6 Å². The molecular formula is C19H16N2O6S. The summed E-state index contributed by atoms with van der Waals surface area (Å²) in [6.07, 6.45) is 0. The van der Waals surface area contributed by atoms with E-state index in [1.54, 1.807) is 24.3 Å².